The number of aryl methyl sites for hydroxylation is 1. The zero-order valence-electron chi connectivity index (χ0n) is 17.7. The van der Waals surface area contributed by atoms with Gasteiger partial charge in [-0.3, -0.25) is 4.98 Å². The normalized spacial score (nSPS) is 16.4. The highest BCUT2D eigenvalue weighted by molar-refractivity contribution is 9.10. The Bertz CT molecular complexity index is 927. The summed E-state index contributed by atoms with van der Waals surface area (Å²) in [6, 6.07) is 10.4. The van der Waals surface area contributed by atoms with Gasteiger partial charge in [0.1, 0.15) is 0 Å². The maximum absolute atomic E-state index is 5.92. The molecule has 1 unspecified atom stereocenters. The third kappa shape index (κ3) is 5.12. The molecule has 152 valence electrons. The van der Waals surface area contributed by atoms with Gasteiger partial charge >= 0.3 is 0 Å². The molecule has 0 spiro atoms. The molecule has 4 heteroatoms. The Labute approximate surface area is 182 Å². The number of halogens is 1. The number of hydrogen-bond acceptors (Lipinski definition) is 3. The van der Waals surface area contributed by atoms with E-state index in [-0.39, 0.29) is 6.10 Å². The maximum atomic E-state index is 5.92. The molecule has 0 bridgehead atoms. The van der Waals surface area contributed by atoms with Crippen LogP contribution in [0.5, 0.6) is 0 Å². The SMILES string of the molecule is C/C=C\C(=C/CC)C(=Nc1cnc(C)c(Br)c1C(OC)C1CC1)c1ccccc1. The fourth-order valence-corrected chi connectivity index (χ4v) is 4.08. The summed E-state index contributed by atoms with van der Waals surface area (Å²) in [4.78, 5) is 9.76. The smallest absolute Gasteiger partial charge is 0.0890 e. The quantitative estimate of drug-likeness (QED) is 0.311. The second kappa shape index (κ2) is 10.1. The molecule has 1 atom stereocenters. The van der Waals surface area contributed by atoms with Crippen molar-refractivity contribution in [1.29, 1.82) is 0 Å². The summed E-state index contributed by atoms with van der Waals surface area (Å²) in [5.74, 6) is 0.549. The Balaban J connectivity index is 2.22. The number of benzene rings is 1. The molecule has 1 fully saturated rings. The van der Waals surface area contributed by atoms with Crippen LogP contribution in [0.3, 0.4) is 0 Å². The molecule has 1 aromatic heterocycles. The third-order valence-corrected chi connectivity index (χ3v) is 6.12. The second-order valence-corrected chi connectivity index (χ2v) is 8.14. The Morgan fingerprint density at radius 1 is 1.31 bits per heavy atom. The molecule has 1 aliphatic rings. The van der Waals surface area contributed by atoms with Gasteiger partial charge in [-0.15, -0.1) is 0 Å². The fraction of sp³-hybridized carbons (Fsp3) is 0.360. The zero-order valence-corrected chi connectivity index (χ0v) is 19.2. The van der Waals surface area contributed by atoms with E-state index in [1.54, 1.807) is 7.11 Å². The van der Waals surface area contributed by atoms with Crippen molar-refractivity contribution < 1.29 is 4.74 Å². The Kier molecular flexibility index (Phi) is 7.57. The summed E-state index contributed by atoms with van der Waals surface area (Å²) >= 11 is 3.77. The molecule has 0 N–H and O–H groups in total. The first-order valence-electron chi connectivity index (χ1n) is 10.3. The van der Waals surface area contributed by atoms with Crippen molar-refractivity contribution in [2.75, 3.05) is 7.11 Å². The lowest BCUT2D eigenvalue weighted by Gasteiger charge is -2.20. The number of ether oxygens (including phenoxy) is 1. The van der Waals surface area contributed by atoms with Crippen LogP contribution in [-0.2, 0) is 4.74 Å². The van der Waals surface area contributed by atoms with Gasteiger partial charge in [-0.25, -0.2) is 4.99 Å². The van der Waals surface area contributed by atoms with Crippen LogP contribution in [0.25, 0.3) is 0 Å². The number of methoxy groups -OCH3 is 1. The highest BCUT2D eigenvalue weighted by Crippen LogP contribution is 2.48. The summed E-state index contributed by atoms with van der Waals surface area (Å²) in [6.07, 6.45) is 11.6. The number of rotatable bonds is 8. The average Bonchev–Trinajstić information content (AvgIpc) is 3.57. The summed E-state index contributed by atoms with van der Waals surface area (Å²) in [5, 5.41) is 0. The van der Waals surface area contributed by atoms with Crippen LogP contribution in [0, 0.1) is 12.8 Å². The Morgan fingerprint density at radius 2 is 2.03 bits per heavy atom. The summed E-state index contributed by atoms with van der Waals surface area (Å²) in [5.41, 5.74) is 6.09. The molecule has 1 heterocycles. The van der Waals surface area contributed by atoms with E-state index < -0.39 is 0 Å². The minimum absolute atomic E-state index is 0.0298. The largest absolute Gasteiger partial charge is 0.376 e. The molecule has 3 nitrogen and oxygen atoms in total. The lowest BCUT2D eigenvalue weighted by Crippen LogP contribution is -2.09. The molecule has 1 saturated carbocycles. The van der Waals surface area contributed by atoms with Gasteiger partial charge in [-0.2, -0.15) is 0 Å². The van der Waals surface area contributed by atoms with E-state index in [0.717, 1.165) is 44.7 Å². The van der Waals surface area contributed by atoms with E-state index in [1.807, 2.05) is 26.1 Å². The molecular weight excluding hydrogens is 424 g/mol. The van der Waals surface area contributed by atoms with Gasteiger partial charge in [0, 0.05) is 22.7 Å². The van der Waals surface area contributed by atoms with Crippen molar-refractivity contribution in [1.82, 2.24) is 4.98 Å². The number of allylic oxidation sites excluding steroid dienone is 4. The highest BCUT2D eigenvalue weighted by Gasteiger charge is 2.35. The van der Waals surface area contributed by atoms with Gasteiger partial charge in [0.05, 0.1) is 29.4 Å². The molecule has 0 radical (unpaired) electrons. The summed E-state index contributed by atoms with van der Waals surface area (Å²) in [7, 11) is 1.79. The van der Waals surface area contributed by atoms with Crippen LogP contribution >= 0.6 is 15.9 Å². The average molecular weight is 453 g/mol. The van der Waals surface area contributed by atoms with Crippen molar-refractivity contribution in [3.63, 3.8) is 0 Å². The zero-order chi connectivity index (χ0) is 20.8. The lowest BCUT2D eigenvalue weighted by atomic mass is 9.99. The molecular formula is C25H29BrN2O. The number of pyridine rings is 1. The van der Waals surface area contributed by atoms with Crippen LogP contribution < -0.4 is 0 Å². The van der Waals surface area contributed by atoms with E-state index >= 15 is 0 Å². The standard InChI is InChI=1S/C25H29BrN2O/c1-5-10-18(11-6-2)24(19-12-8-7-9-13-19)28-21-16-27-17(3)23(26)22(21)25(29-4)20-14-15-20/h5,7-13,16,20,25H,6,14-15H2,1-4H3/b10-5-,18-11+,28-24?. The van der Waals surface area contributed by atoms with Crippen molar-refractivity contribution in [3.05, 3.63) is 81.6 Å². The predicted octanol–water partition coefficient (Wildman–Crippen LogP) is 7.28. The fourth-order valence-electron chi connectivity index (χ4n) is 3.55. The van der Waals surface area contributed by atoms with Crippen LogP contribution in [-0.4, -0.2) is 17.8 Å². The molecule has 29 heavy (non-hydrogen) atoms. The van der Waals surface area contributed by atoms with Gasteiger partial charge in [-0.1, -0.05) is 55.5 Å². The minimum Gasteiger partial charge on any atom is -0.376 e. The molecule has 2 aromatic rings. The van der Waals surface area contributed by atoms with Crippen LogP contribution in [0.2, 0.25) is 0 Å². The summed E-state index contributed by atoms with van der Waals surface area (Å²) < 4.78 is 6.92. The number of hydrogen-bond donors (Lipinski definition) is 0. The van der Waals surface area contributed by atoms with Crippen molar-refractivity contribution in [2.45, 2.75) is 46.1 Å². The van der Waals surface area contributed by atoms with Gasteiger partial charge < -0.3 is 4.74 Å². The van der Waals surface area contributed by atoms with Crippen LogP contribution in [0.1, 0.15) is 56.0 Å². The van der Waals surface area contributed by atoms with Gasteiger partial charge in [0.15, 0.2) is 0 Å². The topological polar surface area (TPSA) is 34.5 Å². The highest BCUT2D eigenvalue weighted by atomic mass is 79.9. The molecule has 1 aliphatic carbocycles. The summed E-state index contributed by atoms with van der Waals surface area (Å²) in [6.45, 7) is 6.20. The molecule has 0 saturated heterocycles. The molecule has 0 aliphatic heterocycles. The molecule has 3 rings (SSSR count). The van der Waals surface area contributed by atoms with Gasteiger partial charge in [0.2, 0.25) is 0 Å². The Morgan fingerprint density at radius 3 is 2.62 bits per heavy atom. The van der Waals surface area contributed by atoms with Gasteiger partial charge in [0.25, 0.3) is 0 Å². The predicted molar refractivity (Wildman–Crippen MR) is 125 cm³/mol. The molecule has 0 amide bonds. The van der Waals surface area contributed by atoms with E-state index in [4.69, 9.17) is 9.73 Å². The number of aliphatic imine (C=N–C) groups is 1. The van der Waals surface area contributed by atoms with Crippen LogP contribution in [0.4, 0.5) is 5.69 Å². The first kappa shape index (κ1) is 21.7. The maximum Gasteiger partial charge on any atom is 0.0890 e. The minimum atomic E-state index is 0.0298. The third-order valence-electron chi connectivity index (χ3n) is 5.12. The Hall–Kier alpha value is -2.04. The first-order valence-corrected chi connectivity index (χ1v) is 11.0. The second-order valence-electron chi connectivity index (χ2n) is 7.34. The number of aromatic nitrogens is 1. The van der Waals surface area contributed by atoms with Crippen molar-refractivity contribution in [2.24, 2.45) is 10.9 Å². The van der Waals surface area contributed by atoms with Crippen molar-refractivity contribution >= 4 is 27.3 Å². The molecule has 1 aromatic carbocycles. The van der Waals surface area contributed by atoms with E-state index in [1.165, 1.54) is 12.8 Å². The number of nitrogens with zero attached hydrogens (tertiary/aromatic N) is 2. The van der Waals surface area contributed by atoms with Gasteiger partial charge in [-0.05, 0) is 60.5 Å². The monoisotopic (exact) mass is 452 g/mol. The van der Waals surface area contributed by atoms with E-state index in [2.05, 4.69) is 70.3 Å². The van der Waals surface area contributed by atoms with E-state index in [0.29, 0.717) is 5.92 Å². The van der Waals surface area contributed by atoms with Crippen molar-refractivity contribution in [3.8, 4) is 0 Å². The lowest BCUT2D eigenvalue weighted by molar-refractivity contribution is 0.0844. The first-order chi connectivity index (χ1) is 14.1. The van der Waals surface area contributed by atoms with Crippen LogP contribution in [0.15, 0.2) is 69.8 Å². The van der Waals surface area contributed by atoms with E-state index in [9.17, 15) is 0 Å².